The molecule has 132 valence electrons. The molecule has 0 unspecified atom stereocenters. The minimum atomic E-state index is -0.0254. The van der Waals surface area contributed by atoms with Crippen molar-refractivity contribution in [3.05, 3.63) is 0 Å². The maximum Gasteiger partial charge on any atom is 0.308 e. The molecule has 0 aliphatic heterocycles. The van der Waals surface area contributed by atoms with Gasteiger partial charge in [-0.05, 0) is 50.9 Å². The van der Waals surface area contributed by atoms with Crippen molar-refractivity contribution in [3.8, 4) is 0 Å². The van der Waals surface area contributed by atoms with Gasteiger partial charge in [-0.25, -0.2) is 0 Å². The molecule has 2 saturated carbocycles. The van der Waals surface area contributed by atoms with Crippen LogP contribution >= 0.6 is 0 Å². The van der Waals surface area contributed by atoms with Crippen molar-refractivity contribution < 1.29 is 9.53 Å². The average Bonchev–Trinajstić information content (AvgIpc) is 2.99. The van der Waals surface area contributed by atoms with Gasteiger partial charge in [0.15, 0.2) is 5.96 Å². The van der Waals surface area contributed by atoms with Crippen LogP contribution in [0.15, 0.2) is 4.99 Å². The van der Waals surface area contributed by atoms with Crippen molar-refractivity contribution in [1.29, 1.82) is 0 Å². The van der Waals surface area contributed by atoms with Crippen LogP contribution in [-0.4, -0.2) is 38.2 Å². The molecular weight excluding hydrogens is 290 g/mol. The van der Waals surface area contributed by atoms with Gasteiger partial charge in [-0.1, -0.05) is 19.8 Å². The molecule has 0 atom stereocenters. The first kappa shape index (κ1) is 18.1. The normalized spacial score (nSPS) is 27.5. The second-order valence-electron chi connectivity index (χ2n) is 7.39. The largest absolute Gasteiger partial charge is 0.466 e. The molecule has 23 heavy (non-hydrogen) atoms. The third-order valence-electron chi connectivity index (χ3n) is 5.40. The number of hydrogen-bond acceptors (Lipinski definition) is 3. The van der Waals surface area contributed by atoms with Gasteiger partial charge in [-0.2, -0.15) is 0 Å². The van der Waals surface area contributed by atoms with Crippen LogP contribution in [0.2, 0.25) is 0 Å². The fraction of sp³-hybridized carbons (Fsp3) is 0.889. The number of guanidine groups is 1. The first-order valence-corrected chi connectivity index (χ1v) is 9.20. The smallest absolute Gasteiger partial charge is 0.308 e. The van der Waals surface area contributed by atoms with Crippen LogP contribution in [0.3, 0.4) is 0 Å². The van der Waals surface area contributed by atoms with Gasteiger partial charge in [0.05, 0.1) is 12.5 Å². The summed E-state index contributed by atoms with van der Waals surface area (Å²) in [5, 5.41) is 7.03. The molecular formula is C18H33N3O2. The van der Waals surface area contributed by atoms with E-state index < -0.39 is 0 Å². The molecule has 2 rings (SSSR count). The molecule has 5 nitrogen and oxygen atoms in total. The Morgan fingerprint density at radius 1 is 1.22 bits per heavy atom. The van der Waals surface area contributed by atoms with Gasteiger partial charge in [-0.15, -0.1) is 0 Å². The number of esters is 1. The SMILES string of the molecule is CCOC(=O)C1CCC(NC(=NC)NCC2(C)CCCC2)CC1. The van der Waals surface area contributed by atoms with Crippen molar-refractivity contribution in [2.45, 2.75) is 71.3 Å². The predicted molar refractivity (Wildman–Crippen MR) is 93.5 cm³/mol. The summed E-state index contributed by atoms with van der Waals surface area (Å²) in [7, 11) is 1.83. The first-order chi connectivity index (χ1) is 11.1. The van der Waals surface area contributed by atoms with Crippen LogP contribution in [0.25, 0.3) is 0 Å². The zero-order valence-corrected chi connectivity index (χ0v) is 15.0. The van der Waals surface area contributed by atoms with E-state index in [1.165, 1.54) is 25.7 Å². The lowest BCUT2D eigenvalue weighted by molar-refractivity contribution is -0.149. The Kier molecular flexibility index (Phi) is 6.72. The zero-order chi connectivity index (χ0) is 16.7. The lowest BCUT2D eigenvalue weighted by Gasteiger charge is -2.30. The van der Waals surface area contributed by atoms with Gasteiger partial charge in [-0.3, -0.25) is 9.79 Å². The second-order valence-corrected chi connectivity index (χ2v) is 7.39. The van der Waals surface area contributed by atoms with Crippen molar-refractivity contribution >= 4 is 11.9 Å². The van der Waals surface area contributed by atoms with Gasteiger partial charge < -0.3 is 15.4 Å². The number of rotatable bonds is 5. The Morgan fingerprint density at radius 3 is 2.43 bits per heavy atom. The number of carbonyl (C=O) groups excluding carboxylic acids is 1. The van der Waals surface area contributed by atoms with Crippen LogP contribution in [0.1, 0.15) is 65.2 Å². The standard InChI is InChI=1S/C18H33N3O2/c1-4-23-16(22)14-7-9-15(10-8-14)21-17(19-3)20-13-18(2)11-5-6-12-18/h14-15H,4-13H2,1-3H3,(H2,19,20,21). The van der Waals surface area contributed by atoms with Crippen molar-refractivity contribution in [2.75, 3.05) is 20.2 Å². The Morgan fingerprint density at radius 2 is 1.87 bits per heavy atom. The summed E-state index contributed by atoms with van der Waals surface area (Å²) in [5.41, 5.74) is 0.416. The molecule has 5 heteroatoms. The van der Waals surface area contributed by atoms with E-state index in [0.29, 0.717) is 18.1 Å². The molecule has 0 bridgehead atoms. The molecule has 0 heterocycles. The summed E-state index contributed by atoms with van der Waals surface area (Å²) in [6, 6.07) is 0.406. The Labute approximate surface area is 140 Å². The molecule has 2 aliphatic carbocycles. The molecule has 0 radical (unpaired) electrons. The summed E-state index contributed by atoms with van der Waals surface area (Å²) in [6.07, 6.45) is 9.13. The fourth-order valence-corrected chi connectivity index (χ4v) is 3.82. The summed E-state index contributed by atoms with van der Waals surface area (Å²) < 4.78 is 5.13. The molecule has 0 spiro atoms. The highest BCUT2D eigenvalue weighted by atomic mass is 16.5. The highest BCUT2D eigenvalue weighted by Gasteiger charge is 2.30. The van der Waals surface area contributed by atoms with Crippen LogP contribution in [-0.2, 0) is 9.53 Å². The highest BCUT2D eigenvalue weighted by molar-refractivity contribution is 5.80. The molecule has 2 N–H and O–H groups in total. The summed E-state index contributed by atoms with van der Waals surface area (Å²) in [6.45, 7) is 5.70. The van der Waals surface area contributed by atoms with Crippen LogP contribution in [0.5, 0.6) is 0 Å². The third-order valence-corrected chi connectivity index (χ3v) is 5.40. The topological polar surface area (TPSA) is 62.7 Å². The quantitative estimate of drug-likeness (QED) is 0.464. The minimum absolute atomic E-state index is 0.0254. The van der Waals surface area contributed by atoms with Gasteiger partial charge in [0.2, 0.25) is 0 Å². The monoisotopic (exact) mass is 323 g/mol. The number of carbonyl (C=O) groups is 1. The number of nitrogens with one attached hydrogen (secondary N) is 2. The van der Waals surface area contributed by atoms with E-state index in [1.807, 2.05) is 14.0 Å². The second kappa shape index (κ2) is 8.55. The van der Waals surface area contributed by atoms with Gasteiger partial charge in [0.25, 0.3) is 0 Å². The van der Waals surface area contributed by atoms with Crippen LogP contribution in [0.4, 0.5) is 0 Å². The maximum atomic E-state index is 11.8. The minimum Gasteiger partial charge on any atom is -0.466 e. The Balaban J connectivity index is 1.72. The summed E-state index contributed by atoms with van der Waals surface area (Å²) >= 11 is 0. The lowest BCUT2D eigenvalue weighted by atomic mass is 9.86. The average molecular weight is 323 g/mol. The number of aliphatic imine (C=N–C) groups is 1. The van der Waals surface area contributed by atoms with E-state index in [0.717, 1.165) is 38.2 Å². The lowest BCUT2D eigenvalue weighted by Crippen LogP contribution is -2.47. The van der Waals surface area contributed by atoms with E-state index in [9.17, 15) is 4.79 Å². The molecule has 0 saturated heterocycles. The van der Waals surface area contributed by atoms with Crippen LogP contribution in [0, 0.1) is 11.3 Å². The van der Waals surface area contributed by atoms with Gasteiger partial charge in [0, 0.05) is 19.6 Å². The fourth-order valence-electron chi connectivity index (χ4n) is 3.82. The Hall–Kier alpha value is -1.26. The molecule has 2 fully saturated rings. The van der Waals surface area contributed by atoms with E-state index in [4.69, 9.17) is 4.74 Å². The summed E-state index contributed by atoms with van der Waals surface area (Å²) in [5.74, 6) is 0.959. The predicted octanol–water partition coefficient (Wildman–Crippen LogP) is 2.85. The van der Waals surface area contributed by atoms with Crippen molar-refractivity contribution in [1.82, 2.24) is 10.6 Å². The van der Waals surface area contributed by atoms with Crippen LogP contribution < -0.4 is 10.6 Å². The van der Waals surface area contributed by atoms with Crippen molar-refractivity contribution in [2.24, 2.45) is 16.3 Å². The molecule has 0 aromatic heterocycles. The number of hydrogen-bond donors (Lipinski definition) is 2. The highest BCUT2D eigenvalue weighted by Crippen LogP contribution is 2.36. The summed E-state index contributed by atoms with van der Waals surface area (Å²) in [4.78, 5) is 16.1. The van der Waals surface area contributed by atoms with Gasteiger partial charge >= 0.3 is 5.97 Å². The van der Waals surface area contributed by atoms with E-state index in [2.05, 4.69) is 22.5 Å². The van der Waals surface area contributed by atoms with Gasteiger partial charge in [0.1, 0.15) is 0 Å². The number of ether oxygens (including phenoxy) is 1. The van der Waals surface area contributed by atoms with E-state index in [-0.39, 0.29) is 11.9 Å². The Bertz CT molecular complexity index is 408. The first-order valence-electron chi connectivity index (χ1n) is 9.20. The molecule has 0 aromatic rings. The van der Waals surface area contributed by atoms with E-state index in [1.54, 1.807) is 0 Å². The van der Waals surface area contributed by atoms with Crippen molar-refractivity contribution in [3.63, 3.8) is 0 Å². The number of nitrogens with zero attached hydrogens (tertiary/aromatic N) is 1. The molecule has 0 aromatic carbocycles. The molecule has 2 aliphatic rings. The maximum absolute atomic E-state index is 11.8. The molecule has 0 amide bonds. The zero-order valence-electron chi connectivity index (χ0n) is 15.0. The third kappa shape index (κ3) is 5.40. The van der Waals surface area contributed by atoms with E-state index >= 15 is 0 Å².